The van der Waals surface area contributed by atoms with Crippen molar-refractivity contribution in [2.24, 2.45) is 0 Å². The minimum Gasteiger partial charge on any atom is -0.345 e. The lowest BCUT2D eigenvalue weighted by molar-refractivity contribution is 0.375. The van der Waals surface area contributed by atoms with Gasteiger partial charge in [0.1, 0.15) is 5.82 Å². The number of piperidine rings is 1. The van der Waals surface area contributed by atoms with Gasteiger partial charge in [-0.1, -0.05) is 20.8 Å². The molecule has 1 atom stereocenters. The third-order valence-corrected chi connectivity index (χ3v) is 4.43. The normalized spacial score (nSPS) is 20.4. The monoisotopic (exact) mass is 291 g/mol. The molecule has 1 unspecified atom stereocenters. The van der Waals surface area contributed by atoms with Crippen LogP contribution in [0.3, 0.4) is 0 Å². The van der Waals surface area contributed by atoms with Crippen molar-refractivity contribution in [2.45, 2.75) is 45.1 Å². The van der Waals surface area contributed by atoms with Crippen LogP contribution < -0.4 is 4.90 Å². The summed E-state index contributed by atoms with van der Waals surface area (Å²) >= 11 is 1.52. The number of hydrogen-bond acceptors (Lipinski definition) is 5. The van der Waals surface area contributed by atoms with Crippen LogP contribution in [0, 0.1) is 0 Å². The number of nitrogens with zero attached hydrogens (tertiary/aromatic N) is 5. The van der Waals surface area contributed by atoms with E-state index < -0.39 is 0 Å². The van der Waals surface area contributed by atoms with E-state index in [0.29, 0.717) is 6.04 Å². The maximum atomic E-state index is 4.72. The minimum absolute atomic E-state index is 0.0198. The van der Waals surface area contributed by atoms with Crippen LogP contribution in [-0.4, -0.2) is 32.2 Å². The Hall–Kier alpha value is -1.43. The Morgan fingerprint density at radius 2 is 2.20 bits per heavy atom. The Morgan fingerprint density at radius 1 is 1.35 bits per heavy atom. The second-order valence-corrected chi connectivity index (χ2v) is 7.11. The van der Waals surface area contributed by atoms with Crippen LogP contribution in [0.1, 0.15) is 45.5 Å². The van der Waals surface area contributed by atoms with E-state index in [1.54, 1.807) is 0 Å². The molecule has 0 N–H and O–H groups in total. The summed E-state index contributed by atoms with van der Waals surface area (Å²) in [6, 6.07) is 2.43. The first-order chi connectivity index (χ1) is 9.54. The molecule has 1 aliphatic rings. The average Bonchev–Trinajstić information content (AvgIpc) is 3.10. The van der Waals surface area contributed by atoms with Crippen molar-refractivity contribution in [2.75, 3.05) is 18.0 Å². The summed E-state index contributed by atoms with van der Waals surface area (Å²) in [6.07, 6.45) is 6.26. The topological polar surface area (TPSA) is 46.8 Å². The van der Waals surface area contributed by atoms with Crippen LogP contribution >= 0.6 is 11.5 Å². The van der Waals surface area contributed by atoms with Crippen LogP contribution in [0.5, 0.6) is 0 Å². The maximum absolute atomic E-state index is 4.72. The SMILES string of the molecule is CC(C)(C)c1nsc(N2CCCC(n3cccn3)C2)n1. The van der Waals surface area contributed by atoms with Crippen LogP contribution in [0.4, 0.5) is 5.13 Å². The number of hydrogen-bond donors (Lipinski definition) is 0. The Morgan fingerprint density at radius 3 is 2.85 bits per heavy atom. The van der Waals surface area contributed by atoms with Gasteiger partial charge in [0.2, 0.25) is 5.13 Å². The third kappa shape index (κ3) is 2.70. The fraction of sp³-hybridized carbons (Fsp3) is 0.643. The van der Waals surface area contributed by atoms with E-state index in [1.807, 2.05) is 12.3 Å². The summed E-state index contributed by atoms with van der Waals surface area (Å²) < 4.78 is 6.58. The van der Waals surface area contributed by atoms with E-state index in [1.165, 1.54) is 24.4 Å². The van der Waals surface area contributed by atoms with Crippen LogP contribution in [0.25, 0.3) is 0 Å². The highest BCUT2D eigenvalue weighted by molar-refractivity contribution is 7.09. The molecule has 0 aliphatic carbocycles. The molecule has 5 nitrogen and oxygen atoms in total. The van der Waals surface area contributed by atoms with Crippen molar-refractivity contribution in [1.82, 2.24) is 19.1 Å². The van der Waals surface area contributed by atoms with Crippen molar-refractivity contribution in [1.29, 1.82) is 0 Å². The molecule has 1 aliphatic heterocycles. The fourth-order valence-electron chi connectivity index (χ4n) is 2.49. The van der Waals surface area contributed by atoms with E-state index in [4.69, 9.17) is 4.98 Å². The molecule has 2 aromatic heterocycles. The molecule has 0 aromatic carbocycles. The highest BCUT2D eigenvalue weighted by Gasteiger charge is 2.26. The molecular formula is C14H21N5S. The summed E-state index contributed by atoms with van der Waals surface area (Å²) in [7, 11) is 0. The zero-order valence-corrected chi connectivity index (χ0v) is 13.1. The van der Waals surface area contributed by atoms with Gasteiger partial charge in [0, 0.05) is 42.4 Å². The molecule has 1 fully saturated rings. The van der Waals surface area contributed by atoms with Crippen molar-refractivity contribution < 1.29 is 0 Å². The summed E-state index contributed by atoms with van der Waals surface area (Å²) in [5, 5.41) is 5.42. The molecule has 0 saturated carbocycles. The van der Waals surface area contributed by atoms with Crippen molar-refractivity contribution >= 4 is 16.7 Å². The summed E-state index contributed by atoms with van der Waals surface area (Å²) in [5.74, 6) is 0.943. The van der Waals surface area contributed by atoms with Crippen LogP contribution in [0.15, 0.2) is 18.5 Å². The van der Waals surface area contributed by atoms with Crippen molar-refractivity contribution in [3.05, 3.63) is 24.3 Å². The first kappa shape index (κ1) is 13.5. The highest BCUT2D eigenvalue weighted by atomic mass is 32.1. The largest absolute Gasteiger partial charge is 0.345 e. The van der Waals surface area contributed by atoms with E-state index in [9.17, 15) is 0 Å². The van der Waals surface area contributed by atoms with Gasteiger partial charge in [0.15, 0.2) is 0 Å². The van der Waals surface area contributed by atoms with E-state index >= 15 is 0 Å². The van der Waals surface area contributed by atoms with Gasteiger partial charge >= 0.3 is 0 Å². The van der Waals surface area contributed by atoms with Gasteiger partial charge in [-0.15, -0.1) is 0 Å². The summed E-state index contributed by atoms with van der Waals surface area (Å²) in [4.78, 5) is 7.07. The molecule has 0 spiro atoms. The van der Waals surface area contributed by atoms with Gasteiger partial charge in [-0.05, 0) is 18.9 Å². The lowest BCUT2D eigenvalue weighted by Gasteiger charge is -2.32. The molecule has 0 bridgehead atoms. The lowest BCUT2D eigenvalue weighted by atomic mass is 9.96. The molecule has 3 heterocycles. The predicted molar refractivity (Wildman–Crippen MR) is 81.3 cm³/mol. The number of aromatic nitrogens is 4. The number of anilines is 1. The zero-order chi connectivity index (χ0) is 14.2. The fourth-order valence-corrected chi connectivity index (χ4v) is 3.38. The van der Waals surface area contributed by atoms with E-state index in [2.05, 4.69) is 46.0 Å². The molecular weight excluding hydrogens is 270 g/mol. The first-order valence-electron chi connectivity index (χ1n) is 7.12. The van der Waals surface area contributed by atoms with E-state index in [0.717, 1.165) is 24.0 Å². The van der Waals surface area contributed by atoms with Gasteiger partial charge in [-0.2, -0.15) is 9.47 Å². The standard InChI is InChI=1S/C14H21N5S/c1-14(2,3)12-16-13(20-17-12)18-8-4-6-11(10-18)19-9-5-7-15-19/h5,7,9,11H,4,6,8,10H2,1-3H3. The second-order valence-electron chi connectivity index (χ2n) is 6.38. The first-order valence-corrected chi connectivity index (χ1v) is 7.89. The zero-order valence-electron chi connectivity index (χ0n) is 12.3. The smallest absolute Gasteiger partial charge is 0.205 e. The third-order valence-electron chi connectivity index (χ3n) is 3.65. The summed E-state index contributed by atoms with van der Waals surface area (Å²) in [6.45, 7) is 8.50. The van der Waals surface area contributed by atoms with Crippen LogP contribution in [-0.2, 0) is 5.41 Å². The lowest BCUT2D eigenvalue weighted by Crippen LogP contribution is -2.36. The molecule has 3 rings (SSSR count). The van der Waals surface area contributed by atoms with Crippen molar-refractivity contribution in [3.8, 4) is 0 Å². The average molecular weight is 291 g/mol. The Bertz CT molecular complexity index is 554. The van der Waals surface area contributed by atoms with Gasteiger partial charge in [-0.25, -0.2) is 4.98 Å². The van der Waals surface area contributed by atoms with Gasteiger partial charge in [0.05, 0.1) is 6.04 Å². The predicted octanol–water partition coefficient (Wildman–Crippen LogP) is 2.87. The van der Waals surface area contributed by atoms with Gasteiger partial charge in [0.25, 0.3) is 0 Å². The molecule has 0 radical (unpaired) electrons. The van der Waals surface area contributed by atoms with Crippen LogP contribution in [0.2, 0.25) is 0 Å². The highest BCUT2D eigenvalue weighted by Crippen LogP contribution is 2.29. The van der Waals surface area contributed by atoms with Gasteiger partial charge in [-0.3, -0.25) is 4.68 Å². The molecule has 0 amide bonds. The Labute approximate surface area is 123 Å². The molecule has 20 heavy (non-hydrogen) atoms. The number of rotatable bonds is 2. The Balaban J connectivity index is 1.75. The Kier molecular flexibility index (Phi) is 3.50. The van der Waals surface area contributed by atoms with E-state index in [-0.39, 0.29) is 5.41 Å². The van der Waals surface area contributed by atoms with Crippen molar-refractivity contribution in [3.63, 3.8) is 0 Å². The molecule has 1 saturated heterocycles. The maximum Gasteiger partial charge on any atom is 0.205 e. The van der Waals surface area contributed by atoms with Gasteiger partial charge < -0.3 is 4.90 Å². The molecule has 2 aromatic rings. The minimum atomic E-state index is 0.0198. The quantitative estimate of drug-likeness (QED) is 0.853. The second kappa shape index (κ2) is 5.16. The molecule has 108 valence electrons. The summed E-state index contributed by atoms with van der Waals surface area (Å²) in [5.41, 5.74) is 0.0198. The molecule has 6 heteroatoms.